The number of ether oxygens (including phenoxy) is 1. The van der Waals surface area contributed by atoms with Crippen molar-refractivity contribution in [2.45, 2.75) is 51.6 Å². The van der Waals surface area contributed by atoms with Crippen molar-refractivity contribution in [2.75, 3.05) is 0 Å². The van der Waals surface area contributed by atoms with Gasteiger partial charge in [0.15, 0.2) is 0 Å². The van der Waals surface area contributed by atoms with Gasteiger partial charge in [-0.1, -0.05) is 38.0 Å². The molecule has 0 bridgehead atoms. The fourth-order valence-corrected chi connectivity index (χ4v) is 3.34. The van der Waals surface area contributed by atoms with Crippen LogP contribution in [-0.2, 0) is 9.53 Å². The lowest BCUT2D eigenvalue weighted by Gasteiger charge is -2.40. The van der Waals surface area contributed by atoms with Crippen molar-refractivity contribution in [2.24, 2.45) is 11.8 Å². The molecule has 2 heteroatoms. The SMILES string of the molecule is CC[C@]1(OC(C)=O)C=CC=CC1C1CCCC1. The van der Waals surface area contributed by atoms with E-state index in [0.29, 0.717) is 11.8 Å². The third-order valence-corrected chi connectivity index (χ3v) is 4.17. The van der Waals surface area contributed by atoms with E-state index in [1.54, 1.807) is 0 Å². The molecular formula is C15H22O2. The highest BCUT2D eigenvalue weighted by Gasteiger charge is 2.42. The molecule has 2 rings (SSSR count). The van der Waals surface area contributed by atoms with Gasteiger partial charge < -0.3 is 4.74 Å². The van der Waals surface area contributed by atoms with Gasteiger partial charge >= 0.3 is 5.97 Å². The minimum atomic E-state index is -0.393. The van der Waals surface area contributed by atoms with Crippen molar-refractivity contribution in [3.63, 3.8) is 0 Å². The molecular weight excluding hydrogens is 212 g/mol. The molecule has 1 unspecified atom stereocenters. The number of carbonyl (C=O) groups excluding carboxylic acids is 1. The van der Waals surface area contributed by atoms with E-state index in [-0.39, 0.29) is 5.97 Å². The van der Waals surface area contributed by atoms with Gasteiger partial charge in [0, 0.05) is 12.8 Å². The predicted octanol–water partition coefficient (Wildman–Crippen LogP) is 3.63. The van der Waals surface area contributed by atoms with Crippen molar-refractivity contribution < 1.29 is 9.53 Å². The Hall–Kier alpha value is -1.05. The molecule has 0 aliphatic heterocycles. The first-order chi connectivity index (χ1) is 8.18. The van der Waals surface area contributed by atoms with Gasteiger partial charge in [-0.2, -0.15) is 0 Å². The number of rotatable bonds is 3. The predicted molar refractivity (Wildman–Crippen MR) is 68.5 cm³/mol. The van der Waals surface area contributed by atoms with Crippen molar-refractivity contribution in [1.29, 1.82) is 0 Å². The zero-order valence-electron chi connectivity index (χ0n) is 10.8. The van der Waals surface area contributed by atoms with E-state index < -0.39 is 5.60 Å². The van der Waals surface area contributed by atoms with E-state index in [9.17, 15) is 4.79 Å². The van der Waals surface area contributed by atoms with Crippen LogP contribution in [0.25, 0.3) is 0 Å². The van der Waals surface area contributed by atoms with Crippen LogP contribution in [0.3, 0.4) is 0 Å². The van der Waals surface area contributed by atoms with Crippen molar-refractivity contribution in [3.05, 3.63) is 24.3 Å². The van der Waals surface area contributed by atoms with E-state index in [1.807, 2.05) is 6.08 Å². The Labute approximate surface area is 104 Å². The maximum atomic E-state index is 11.4. The second-order valence-corrected chi connectivity index (χ2v) is 5.22. The first-order valence-electron chi connectivity index (χ1n) is 6.73. The molecule has 2 aliphatic rings. The number of esters is 1. The third-order valence-electron chi connectivity index (χ3n) is 4.17. The first kappa shape index (κ1) is 12.4. The van der Waals surface area contributed by atoms with E-state index >= 15 is 0 Å². The number of allylic oxidation sites excluding steroid dienone is 2. The fourth-order valence-electron chi connectivity index (χ4n) is 3.34. The van der Waals surface area contributed by atoms with Crippen LogP contribution in [0.1, 0.15) is 46.0 Å². The van der Waals surface area contributed by atoms with Gasteiger partial charge in [-0.25, -0.2) is 0 Å². The van der Waals surface area contributed by atoms with Gasteiger partial charge in [-0.15, -0.1) is 0 Å². The standard InChI is InChI=1S/C15H22O2/c1-3-15(17-12(2)16)11-7-6-10-14(15)13-8-4-5-9-13/h6-7,10-11,13-14H,3-5,8-9H2,1-2H3/t14?,15-/m0/s1. The number of hydrogen-bond donors (Lipinski definition) is 0. The Kier molecular flexibility index (Phi) is 3.70. The molecule has 1 fully saturated rings. The van der Waals surface area contributed by atoms with Gasteiger partial charge in [0.25, 0.3) is 0 Å². The van der Waals surface area contributed by atoms with Crippen LogP contribution >= 0.6 is 0 Å². The largest absolute Gasteiger partial charge is 0.454 e. The Morgan fingerprint density at radius 1 is 1.35 bits per heavy atom. The molecule has 2 atom stereocenters. The van der Waals surface area contributed by atoms with Gasteiger partial charge in [0.05, 0.1) is 0 Å². The van der Waals surface area contributed by atoms with Crippen molar-refractivity contribution >= 4 is 5.97 Å². The average Bonchev–Trinajstić information content (AvgIpc) is 2.82. The minimum Gasteiger partial charge on any atom is -0.454 e. The zero-order valence-corrected chi connectivity index (χ0v) is 10.8. The lowest BCUT2D eigenvalue weighted by molar-refractivity contribution is -0.157. The normalized spacial score (nSPS) is 32.9. The highest BCUT2D eigenvalue weighted by Crippen LogP contribution is 2.43. The summed E-state index contributed by atoms with van der Waals surface area (Å²) in [5.41, 5.74) is -0.393. The monoisotopic (exact) mass is 234 g/mol. The number of carbonyl (C=O) groups is 1. The van der Waals surface area contributed by atoms with Crippen LogP contribution in [0.5, 0.6) is 0 Å². The topological polar surface area (TPSA) is 26.3 Å². The lowest BCUT2D eigenvalue weighted by atomic mass is 9.73. The highest BCUT2D eigenvalue weighted by molar-refractivity contribution is 5.67. The van der Waals surface area contributed by atoms with Crippen LogP contribution in [0.4, 0.5) is 0 Å². The van der Waals surface area contributed by atoms with E-state index in [1.165, 1.54) is 32.6 Å². The van der Waals surface area contributed by atoms with Crippen molar-refractivity contribution in [1.82, 2.24) is 0 Å². The smallest absolute Gasteiger partial charge is 0.303 e. The molecule has 0 aromatic rings. The summed E-state index contributed by atoms with van der Waals surface area (Å²) in [5, 5.41) is 0. The molecule has 0 amide bonds. The van der Waals surface area contributed by atoms with Gasteiger partial charge in [0.2, 0.25) is 0 Å². The van der Waals surface area contributed by atoms with E-state index in [4.69, 9.17) is 4.74 Å². The molecule has 0 spiro atoms. The summed E-state index contributed by atoms with van der Waals surface area (Å²) in [6.45, 7) is 3.61. The van der Waals surface area contributed by atoms with Crippen LogP contribution in [0.2, 0.25) is 0 Å². The summed E-state index contributed by atoms with van der Waals surface area (Å²) in [4.78, 5) is 11.4. The Morgan fingerprint density at radius 2 is 2.06 bits per heavy atom. The summed E-state index contributed by atoms with van der Waals surface area (Å²) in [6, 6.07) is 0. The first-order valence-corrected chi connectivity index (χ1v) is 6.73. The average molecular weight is 234 g/mol. The molecule has 0 N–H and O–H groups in total. The molecule has 0 radical (unpaired) electrons. The van der Waals surface area contributed by atoms with Crippen LogP contribution < -0.4 is 0 Å². The molecule has 17 heavy (non-hydrogen) atoms. The zero-order chi connectivity index (χ0) is 12.3. The van der Waals surface area contributed by atoms with Gasteiger partial charge in [0.1, 0.15) is 5.60 Å². The maximum absolute atomic E-state index is 11.4. The summed E-state index contributed by atoms with van der Waals surface area (Å²) in [5.74, 6) is 0.870. The second kappa shape index (κ2) is 5.07. The molecule has 0 aromatic carbocycles. The molecule has 0 saturated heterocycles. The molecule has 0 aromatic heterocycles. The quantitative estimate of drug-likeness (QED) is 0.697. The van der Waals surface area contributed by atoms with Gasteiger partial charge in [-0.3, -0.25) is 4.79 Å². The van der Waals surface area contributed by atoms with Crippen LogP contribution in [-0.4, -0.2) is 11.6 Å². The van der Waals surface area contributed by atoms with E-state index in [0.717, 1.165) is 6.42 Å². The fraction of sp³-hybridized carbons (Fsp3) is 0.667. The van der Waals surface area contributed by atoms with Gasteiger partial charge in [-0.05, 0) is 31.3 Å². The van der Waals surface area contributed by atoms with E-state index in [2.05, 4.69) is 25.2 Å². The summed E-state index contributed by atoms with van der Waals surface area (Å²) >= 11 is 0. The molecule has 94 valence electrons. The molecule has 2 aliphatic carbocycles. The Bertz CT molecular complexity index is 337. The summed E-state index contributed by atoms with van der Waals surface area (Å²) in [6.07, 6.45) is 14.5. The molecule has 2 nitrogen and oxygen atoms in total. The van der Waals surface area contributed by atoms with Crippen LogP contribution in [0.15, 0.2) is 24.3 Å². The second-order valence-electron chi connectivity index (χ2n) is 5.22. The molecule has 1 saturated carbocycles. The summed E-state index contributed by atoms with van der Waals surface area (Å²) in [7, 11) is 0. The van der Waals surface area contributed by atoms with Crippen LogP contribution in [0, 0.1) is 11.8 Å². The molecule has 0 heterocycles. The maximum Gasteiger partial charge on any atom is 0.303 e. The Balaban J connectivity index is 2.23. The Morgan fingerprint density at radius 3 is 2.65 bits per heavy atom. The lowest BCUT2D eigenvalue weighted by Crippen LogP contribution is -2.43. The summed E-state index contributed by atoms with van der Waals surface area (Å²) < 4.78 is 5.68. The minimum absolute atomic E-state index is 0.171. The highest BCUT2D eigenvalue weighted by atomic mass is 16.6. The third kappa shape index (κ3) is 2.46. The van der Waals surface area contributed by atoms with Crippen molar-refractivity contribution in [3.8, 4) is 0 Å². The number of hydrogen-bond acceptors (Lipinski definition) is 2.